The molecule has 0 radical (unpaired) electrons. The molecular formula is C14H22N4O3. The minimum absolute atomic E-state index is 0.0350. The van der Waals surface area contributed by atoms with Crippen molar-refractivity contribution in [2.45, 2.75) is 51.6 Å². The first-order chi connectivity index (χ1) is 10.0. The van der Waals surface area contributed by atoms with Gasteiger partial charge in [-0.2, -0.15) is 0 Å². The number of amides is 1. The summed E-state index contributed by atoms with van der Waals surface area (Å²) in [6.45, 7) is 3.51. The molecule has 0 spiro atoms. The smallest absolute Gasteiger partial charge is 0.333 e. The Kier molecular flexibility index (Phi) is 6.75. The zero-order chi connectivity index (χ0) is 15.8. The van der Waals surface area contributed by atoms with E-state index in [-0.39, 0.29) is 24.3 Å². The molecule has 3 atom stereocenters. The molecule has 1 amide bonds. The normalized spacial score (nSPS) is 24.5. The van der Waals surface area contributed by atoms with Crippen LogP contribution in [0.4, 0.5) is 0 Å². The van der Waals surface area contributed by atoms with E-state index < -0.39 is 12.0 Å². The molecule has 0 aromatic heterocycles. The van der Waals surface area contributed by atoms with E-state index in [0.717, 1.165) is 19.3 Å². The summed E-state index contributed by atoms with van der Waals surface area (Å²) in [5, 5.41) is 6.61. The van der Waals surface area contributed by atoms with Crippen molar-refractivity contribution in [1.82, 2.24) is 5.32 Å². The highest BCUT2D eigenvalue weighted by Gasteiger charge is 2.35. The van der Waals surface area contributed by atoms with Gasteiger partial charge in [-0.3, -0.25) is 4.79 Å². The van der Waals surface area contributed by atoms with Gasteiger partial charge in [-0.05, 0) is 24.3 Å². The van der Waals surface area contributed by atoms with Crippen molar-refractivity contribution < 1.29 is 14.3 Å². The van der Waals surface area contributed by atoms with E-state index >= 15 is 0 Å². The lowest BCUT2D eigenvalue weighted by Gasteiger charge is -2.34. The van der Waals surface area contributed by atoms with E-state index in [1.165, 1.54) is 14.0 Å². The van der Waals surface area contributed by atoms with E-state index in [9.17, 15) is 9.59 Å². The maximum absolute atomic E-state index is 11.8. The van der Waals surface area contributed by atoms with E-state index in [2.05, 4.69) is 22.3 Å². The van der Waals surface area contributed by atoms with Crippen molar-refractivity contribution in [2.75, 3.05) is 7.11 Å². The number of unbranched alkanes of at least 4 members (excludes halogenated alkanes) is 1. The molecule has 7 heteroatoms. The number of rotatable bonds is 6. The predicted octanol–water partition coefficient (Wildman–Crippen LogP) is 2.48. The van der Waals surface area contributed by atoms with Crippen LogP contribution in [0.2, 0.25) is 0 Å². The molecule has 1 N–H and O–H groups in total. The van der Waals surface area contributed by atoms with Gasteiger partial charge in [0.15, 0.2) is 0 Å². The van der Waals surface area contributed by atoms with Crippen LogP contribution in [-0.2, 0) is 14.3 Å². The summed E-state index contributed by atoms with van der Waals surface area (Å²) in [6.07, 6.45) is 4.93. The fourth-order valence-corrected chi connectivity index (χ4v) is 2.67. The lowest BCUT2D eigenvalue weighted by atomic mass is 9.80. The number of carbonyl (C=O) groups is 2. The number of hydrogen-bond donors (Lipinski definition) is 1. The topological polar surface area (TPSA) is 104 Å². The van der Waals surface area contributed by atoms with Gasteiger partial charge in [0.2, 0.25) is 5.91 Å². The van der Waals surface area contributed by atoms with Crippen LogP contribution in [0, 0.1) is 5.92 Å². The Morgan fingerprint density at radius 3 is 2.81 bits per heavy atom. The third-order valence-corrected chi connectivity index (χ3v) is 3.63. The van der Waals surface area contributed by atoms with Gasteiger partial charge in [0.25, 0.3) is 0 Å². The van der Waals surface area contributed by atoms with Crippen molar-refractivity contribution in [1.29, 1.82) is 0 Å². The molecular weight excluding hydrogens is 272 g/mol. The van der Waals surface area contributed by atoms with E-state index in [4.69, 9.17) is 10.3 Å². The standard InChI is InChI=1S/C14H22N4O3/c1-4-5-6-10-7-11(14(20)21-3)8-12(17-18-15)13(10)16-9(2)19/h7,10,12-13H,4-6,8H2,1-3H3,(H,16,19)/t10-,12?,13+/m1/s1. The Labute approximate surface area is 124 Å². The van der Waals surface area contributed by atoms with Crippen LogP contribution in [0.15, 0.2) is 16.8 Å². The van der Waals surface area contributed by atoms with Gasteiger partial charge < -0.3 is 10.1 Å². The number of nitrogens with one attached hydrogen (secondary N) is 1. The monoisotopic (exact) mass is 294 g/mol. The van der Waals surface area contributed by atoms with Gasteiger partial charge in [0.1, 0.15) is 0 Å². The number of hydrogen-bond acceptors (Lipinski definition) is 4. The average molecular weight is 294 g/mol. The SMILES string of the molecule is CCCC[C@@H]1C=C(C(=O)OC)CC(N=[N+]=[N-])[C@H]1NC(C)=O. The summed E-state index contributed by atoms with van der Waals surface area (Å²) in [5.74, 6) is -0.613. The Bertz CT molecular complexity index is 469. The molecule has 0 aromatic rings. The third kappa shape index (κ3) is 4.79. The molecule has 0 bridgehead atoms. The van der Waals surface area contributed by atoms with Gasteiger partial charge in [-0.15, -0.1) is 0 Å². The highest BCUT2D eigenvalue weighted by Crippen LogP contribution is 2.30. The number of methoxy groups -OCH3 is 1. The minimum Gasteiger partial charge on any atom is -0.466 e. The van der Waals surface area contributed by atoms with Crippen molar-refractivity contribution >= 4 is 11.9 Å². The molecule has 21 heavy (non-hydrogen) atoms. The Morgan fingerprint density at radius 1 is 1.57 bits per heavy atom. The second-order valence-corrected chi connectivity index (χ2v) is 5.19. The highest BCUT2D eigenvalue weighted by molar-refractivity contribution is 5.88. The second-order valence-electron chi connectivity index (χ2n) is 5.19. The van der Waals surface area contributed by atoms with Crippen molar-refractivity contribution in [2.24, 2.45) is 11.0 Å². The molecule has 0 aromatic carbocycles. The minimum atomic E-state index is -0.472. The number of ether oxygens (including phenoxy) is 1. The zero-order valence-corrected chi connectivity index (χ0v) is 12.7. The van der Waals surface area contributed by atoms with E-state index in [1.807, 2.05) is 6.08 Å². The summed E-state index contributed by atoms with van der Waals surface area (Å²) >= 11 is 0. The molecule has 7 nitrogen and oxygen atoms in total. The van der Waals surface area contributed by atoms with Gasteiger partial charge in [0, 0.05) is 23.5 Å². The first-order valence-corrected chi connectivity index (χ1v) is 7.13. The Morgan fingerprint density at radius 2 is 2.29 bits per heavy atom. The fourth-order valence-electron chi connectivity index (χ4n) is 2.67. The van der Waals surface area contributed by atoms with Crippen molar-refractivity contribution in [3.05, 3.63) is 22.1 Å². The Balaban J connectivity index is 3.08. The lowest BCUT2D eigenvalue weighted by molar-refractivity contribution is -0.136. The molecule has 0 saturated carbocycles. The number of esters is 1. The van der Waals surface area contributed by atoms with Crippen LogP contribution in [0.5, 0.6) is 0 Å². The lowest BCUT2D eigenvalue weighted by Crippen LogP contribution is -2.48. The van der Waals surface area contributed by atoms with Crippen LogP contribution in [-0.4, -0.2) is 31.1 Å². The molecule has 116 valence electrons. The number of nitrogens with zero attached hydrogens (tertiary/aromatic N) is 3. The van der Waals surface area contributed by atoms with Crippen molar-refractivity contribution in [3.63, 3.8) is 0 Å². The Hall–Kier alpha value is -2.01. The van der Waals surface area contributed by atoms with E-state index in [0.29, 0.717) is 5.57 Å². The molecule has 1 rings (SSSR count). The summed E-state index contributed by atoms with van der Waals surface area (Å²) < 4.78 is 4.76. The molecule has 1 aliphatic carbocycles. The average Bonchev–Trinajstić information content (AvgIpc) is 2.46. The van der Waals surface area contributed by atoms with Crippen LogP contribution in [0.3, 0.4) is 0 Å². The largest absolute Gasteiger partial charge is 0.466 e. The third-order valence-electron chi connectivity index (χ3n) is 3.63. The molecule has 0 fully saturated rings. The van der Waals surface area contributed by atoms with Gasteiger partial charge in [-0.1, -0.05) is 31.0 Å². The molecule has 0 heterocycles. The molecule has 0 aliphatic heterocycles. The summed E-state index contributed by atoms with van der Waals surface area (Å²) in [7, 11) is 1.33. The highest BCUT2D eigenvalue weighted by atomic mass is 16.5. The van der Waals surface area contributed by atoms with E-state index in [1.54, 1.807) is 0 Å². The van der Waals surface area contributed by atoms with Crippen LogP contribution >= 0.6 is 0 Å². The van der Waals surface area contributed by atoms with Crippen LogP contribution in [0.25, 0.3) is 10.4 Å². The van der Waals surface area contributed by atoms with Gasteiger partial charge in [0.05, 0.1) is 13.2 Å². The maximum Gasteiger partial charge on any atom is 0.333 e. The first kappa shape index (κ1) is 17.0. The fraction of sp³-hybridized carbons (Fsp3) is 0.714. The summed E-state index contributed by atoms with van der Waals surface area (Å²) in [4.78, 5) is 26.0. The van der Waals surface area contributed by atoms with Crippen LogP contribution < -0.4 is 5.32 Å². The quantitative estimate of drug-likeness (QED) is 0.352. The summed E-state index contributed by atoms with van der Waals surface area (Å²) in [5.41, 5.74) is 9.24. The first-order valence-electron chi connectivity index (χ1n) is 7.13. The maximum atomic E-state index is 11.8. The molecule has 1 unspecified atom stereocenters. The molecule has 0 saturated heterocycles. The van der Waals surface area contributed by atoms with Crippen LogP contribution in [0.1, 0.15) is 39.5 Å². The second kappa shape index (κ2) is 8.32. The van der Waals surface area contributed by atoms with Gasteiger partial charge in [-0.25, -0.2) is 4.79 Å². The van der Waals surface area contributed by atoms with Gasteiger partial charge >= 0.3 is 5.97 Å². The number of carbonyl (C=O) groups excluding carboxylic acids is 2. The van der Waals surface area contributed by atoms with Crippen molar-refractivity contribution in [3.8, 4) is 0 Å². The predicted molar refractivity (Wildman–Crippen MR) is 78.3 cm³/mol. The zero-order valence-electron chi connectivity index (χ0n) is 12.7. The molecule has 1 aliphatic rings. The number of azide groups is 1. The summed E-state index contributed by atoms with van der Waals surface area (Å²) in [6, 6.07) is -0.752.